The highest BCUT2D eigenvalue weighted by atomic mass is 32.2. The lowest BCUT2D eigenvalue weighted by atomic mass is 10.0. The lowest BCUT2D eigenvalue weighted by molar-refractivity contribution is 0.103. The van der Waals surface area contributed by atoms with Crippen LogP contribution in [0.1, 0.15) is 40.2 Å². The number of benzene rings is 1. The number of aromatic nitrogens is 3. The SMILES string of the molecule is COc1ccc(F)cc1C(=O)c1cnc(NC2CCN(S(=O)(=O)c3c(C)noc3C)CC2)nc1N. The molecule has 3 aromatic rings. The highest BCUT2D eigenvalue weighted by molar-refractivity contribution is 7.89. The van der Waals surface area contributed by atoms with Gasteiger partial charge in [0, 0.05) is 25.3 Å². The molecule has 3 heterocycles. The minimum Gasteiger partial charge on any atom is -0.496 e. The van der Waals surface area contributed by atoms with E-state index in [9.17, 15) is 17.6 Å². The Kier molecular flexibility index (Phi) is 6.72. The summed E-state index contributed by atoms with van der Waals surface area (Å²) in [6, 6.07) is 3.51. The number of anilines is 2. The second-order valence-electron chi connectivity index (χ2n) is 8.14. The van der Waals surface area contributed by atoms with E-state index in [4.69, 9.17) is 15.0 Å². The molecule has 35 heavy (non-hydrogen) atoms. The molecule has 186 valence electrons. The number of nitrogens with zero attached hydrogens (tertiary/aromatic N) is 4. The van der Waals surface area contributed by atoms with Gasteiger partial charge in [0.2, 0.25) is 21.8 Å². The Morgan fingerprint density at radius 2 is 1.97 bits per heavy atom. The van der Waals surface area contributed by atoms with Gasteiger partial charge in [-0.15, -0.1) is 0 Å². The zero-order chi connectivity index (χ0) is 25.3. The number of nitrogen functional groups attached to an aromatic ring is 1. The largest absolute Gasteiger partial charge is 0.496 e. The van der Waals surface area contributed by atoms with Gasteiger partial charge in [0.1, 0.15) is 28.0 Å². The first kappa shape index (κ1) is 24.5. The number of rotatable bonds is 7. The molecule has 0 atom stereocenters. The van der Waals surface area contributed by atoms with Crippen LogP contribution in [0.4, 0.5) is 16.2 Å². The summed E-state index contributed by atoms with van der Waals surface area (Å²) in [5, 5.41) is 6.88. The first-order chi connectivity index (χ1) is 16.6. The van der Waals surface area contributed by atoms with Gasteiger partial charge >= 0.3 is 0 Å². The molecule has 1 saturated heterocycles. The summed E-state index contributed by atoms with van der Waals surface area (Å²) in [5.74, 6) is -0.555. The Bertz CT molecular complexity index is 1350. The first-order valence-electron chi connectivity index (χ1n) is 10.8. The average molecular weight is 505 g/mol. The number of sulfonamides is 1. The number of carbonyl (C=O) groups excluding carboxylic acids is 1. The molecule has 0 spiro atoms. The van der Waals surface area contributed by atoms with E-state index in [-0.39, 0.29) is 58.4 Å². The Morgan fingerprint density at radius 1 is 1.26 bits per heavy atom. The molecular weight excluding hydrogens is 479 g/mol. The van der Waals surface area contributed by atoms with E-state index in [1.807, 2.05) is 0 Å². The quantitative estimate of drug-likeness (QED) is 0.458. The van der Waals surface area contributed by atoms with Gasteiger partial charge in [0.15, 0.2) is 5.76 Å². The number of hydrogen-bond acceptors (Lipinski definition) is 10. The third-order valence-corrected chi connectivity index (χ3v) is 7.97. The number of ketones is 1. The fraction of sp³-hybridized carbons (Fsp3) is 0.364. The summed E-state index contributed by atoms with van der Waals surface area (Å²) < 4.78 is 51.2. The summed E-state index contributed by atoms with van der Waals surface area (Å²) >= 11 is 0. The van der Waals surface area contributed by atoms with E-state index in [0.29, 0.717) is 18.5 Å². The lowest BCUT2D eigenvalue weighted by Gasteiger charge is -2.31. The highest BCUT2D eigenvalue weighted by Crippen LogP contribution is 2.27. The van der Waals surface area contributed by atoms with Crippen LogP contribution >= 0.6 is 0 Å². The molecule has 0 saturated carbocycles. The predicted octanol–water partition coefficient (Wildman–Crippen LogP) is 2.31. The minimum absolute atomic E-state index is 0.00962. The molecule has 0 bridgehead atoms. The van der Waals surface area contributed by atoms with Crippen molar-refractivity contribution in [2.24, 2.45) is 0 Å². The van der Waals surface area contributed by atoms with E-state index in [1.165, 1.54) is 29.7 Å². The number of halogens is 1. The molecule has 1 aliphatic rings. The van der Waals surface area contributed by atoms with Crippen molar-refractivity contribution in [3.8, 4) is 5.75 Å². The van der Waals surface area contributed by atoms with Gasteiger partial charge in [-0.1, -0.05) is 5.16 Å². The zero-order valence-corrected chi connectivity index (χ0v) is 20.2. The van der Waals surface area contributed by atoms with Crippen molar-refractivity contribution in [3.05, 3.63) is 52.8 Å². The van der Waals surface area contributed by atoms with Crippen LogP contribution in [0.5, 0.6) is 5.75 Å². The maximum atomic E-state index is 13.7. The molecule has 4 rings (SSSR count). The monoisotopic (exact) mass is 504 g/mol. The number of carbonyl (C=O) groups is 1. The molecule has 11 nitrogen and oxygen atoms in total. The fourth-order valence-corrected chi connectivity index (χ4v) is 5.80. The van der Waals surface area contributed by atoms with E-state index in [1.54, 1.807) is 13.8 Å². The molecule has 0 amide bonds. The number of aryl methyl sites for hydroxylation is 2. The van der Waals surface area contributed by atoms with Gasteiger partial charge in [-0.3, -0.25) is 4.79 Å². The third-order valence-electron chi connectivity index (χ3n) is 5.82. The van der Waals surface area contributed by atoms with Crippen LogP contribution < -0.4 is 15.8 Å². The number of methoxy groups -OCH3 is 1. The molecule has 0 unspecified atom stereocenters. The average Bonchev–Trinajstić information content (AvgIpc) is 3.17. The Balaban J connectivity index is 1.43. The lowest BCUT2D eigenvalue weighted by Crippen LogP contribution is -2.42. The van der Waals surface area contributed by atoms with Crippen LogP contribution in [0.3, 0.4) is 0 Å². The summed E-state index contributed by atoms with van der Waals surface area (Å²) in [6.45, 7) is 3.74. The molecule has 0 aliphatic carbocycles. The standard InChI is InChI=1S/C22H25FN6O5S/c1-12-20(13(2)34-28-12)35(31,32)29-8-6-15(7-9-29)26-22-25-11-17(21(24)27-22)19(30)16-10-14(23)4-5-18(16)33-3/h4-5,10-11,15H,6-9H2,1-3H3,(H3,24,25,26,27). The van der Waals surface area contributed by atoms with Gasteiger partial charge in [0.05, 0.1) is 18.2 Å². The van der Waals surface area contributed by atoms with Crippen molar-refractivity contribution in [2.75, 3.05) is 31.2 Å². The van der Waals surface area contributed by atoms with Crippen molar-refractivity contribution in [2.45, 2.75) is 37.6 Å². The van der Waals surface area contributed by atoms with E-state index in [2.05, 4.69) is 20.4 Å². The summed E-state index contributed by atoms with van der Waals surface area (Å²) in [4.78, 5) is 21.3. The van der Waals surface area contributed by atoms with Gasteiger partial charge in [-0.25, -0.2) is 17.8 Å². The highest BCUT2D eigenvalue weighted by Gasteiger charge is 2.34. The van der Waals surface area contributed by atoms with Crippen molar-refractivity contribution in [1.29, 1.82) is 0 Å². The van der Waals surface area contributed by atoms with Crippen molar-refractivity contribution < 1.29 is 26.9 Å². The van der Waals surface area contributed by atoms with Crippen molar-refractivity contribution in [1.82, 2.24) is 19.4 Å². The molecule has 1 aromatic carbocycles. The smallest absolute Gasteiger partial charge is 0.248 e. The number of nitrogens with one attached hydrogen (secondary N) is 1. The van der Waals surface area contributed by atoms with Gasteiger partial charge in [0.25, 0.3) is 0 Å². The molecule has 13 heteroatoms. The van der Waals surface area contributed by atoms with Crippen LogP contribution in [0.25, 0.3) is 0 Å². The van der Waals surface area contributed by atoms with E-state index in [0.717, 1.165) is 6.07 Å². The normalized spacial score (nSPS) is 15.2. The number of nitrogens with two attached hydrogens (primary N) is 1. The molecule has 0 radical (unpaired) electrons. The van der Waals surface area contributed by atoms with Crippen LogP contribution in [-0.2, 0) is 10.0 Å². The number of ether oxygens (including phenoxy) is 1. The second kappa shape index (κ2) is 9.58. The maximum Gasteiger partial charge on any atom is 0.248 e. The number of piperidine rings is 1. The summed E-state index contributed by atoms with van der Waals surface area (Å²) in [7, 11) is -2.33. The van der Waals surface area contributed by atoms with Crippen LogP contribution in [0, 0.1) is 19.7 Å². The van der Waals surface area contributed by atoms with E-state index >= 15 is 0 Å². The summed E-state index contributed by atoms with van der Waals surface area (Å²) in [5.41, 5.74) is 6.36. The molecule has 1 aliphatic heterocycles. The summed E-state index contributed by atoms with van der Waals surface area (Å²) in [6.07, 6.45) is 2.29. The first-order valence-corrected chi connectivity index (χ1v) is 12.3. The van der Waals surface area contributed by atoms with Crippen LogP contribution in [0.2, 0.25) is 0 Å². The van der Waals surface area contributed by atoms with E-state index < -0.39 is 21.6 Å². The second-order valence-corrected chi connectivity index (χ2v) is 10.0. The van der Waals surface area contributed by atoms with Crippen molar-refractivity contribution in [3.63, 3.8) is 0 Å². The number of hydrogen-bond donors (Lipinski definition) is 2. The third kappa shape index (κ3) is 4.82. The Labute approximate surface area is 201 Å². The Morgan fingerprint density at radius 3 is 2.57 bits per heavy atom. The van der Waals surface area contributed by atoms with Crippen molar-refractivity contribution >= 4 is 27.6 Å². The zero-order valence-electron chi connectivity index (χ0n) is 19.4. The molecule has 3 N–H and O–H groups in total. The Hall–Kier alpha value is -3.58. The van der Waals surface area contributed by atoms with Gasteiger partial charge in [-0.2, -0.15) is 9.29 Å². The maximum absolute atomic E-state index is 13.7. The van der Waals surface area contributed by atoms with Gasteiger partial charge < -0.3 is 20.3 Å². The molecular formula is C22H25FN6O5S. The fourth-order valence-electron chi connectivity index (χ4n) is 4.04. The van der Waals surface area contributed by atoms with Crippen LogP contribution in [-0.4, -0.2) is 59.9 Å². The minimum atomic E-state index is -3.71. The van der Waals surface area contributed by atoms with Gasteiger partial charge in [-0.05, 0) is 44.9 Å². The molecule has 1 fully saturated rings. The van der Waals surface area contributed by atoms with Crippen LogP contribution in [0.15, 0.2) is 33.8 Å². The topological polar surface area (TPSA) is 154 Å². The predicted molar refractivity (Wildman–Crippen MR) is 124 cm³/mol. The molecule has 2 aromatic heterocycles.